The first-order chi connectivity index (χ1) is 12.4. The average Bonchev–Trinajstić information content (AvgIpc) is 2.98. The first kappa shape index (κ1) is 17.2. The third-order valence-corrected chi connectivity index (χ3v) is 3.66. The van der Waals surface area contributed by atoms with Crippen LogP contribution in [0.25, 0.3) is 5.69 Å². The molecule has 0 aliphatic heterocycles. The van der Waals surface area contributed by atoms with Gasteiger partial charge in [0.1, 0.15) is 0 Å². The minimum atomic E-state index is -0.465. The molecule has 1 heterocycles. The van der Waals surface area contributed by atoms with Crippen LogP contribution in [0.15, 0.2) is 48.5 Å². The molecule has 0 atom stereocenters. The van der Waals surface area contributed by atoms with E-state index < -0.39 is 5.91 Å². The summed E-state index contributed by atoms with van der Waals surface area (Å²) in [6.07, 6.45) is 0. The van der Waals surface area contributed by atoms with E-state index in [0.717, 1.165) is 11.3 Å². The van der Waals surface area contributed by atoms with Crippen LogP contribution in [0.3, 0.4) is 0 Å². The molecule has 0 unspecified atom stereocenters. The van der Waals surface area contributed by atoms with Gasteiger partial charge in [-0.2, -0.15) is 4.68 Å². The molecule has 0 saturated carbocycles. The first-order valence-corrected chi connectivity index (χ1v) is 7.91. The highest BCUT2D eigenvalue weighted by atomic mass is 16.2. The van der Waals surface area contributed by atoms with Gasteiger partial charge in [-0.25, -0.2) is 0 Å². The largest absolute Gasteiger partial charge is 0.382 e. The summed E-state index contributed by atoms with van der Waals surface area (Å²) >= 11 is 0. The van der Waals surface area contributed by atoms with Gasteiger partial charge in [0.2, 0.25) is 5.91 Å². The molecular weight excluding hydrogens is 332 g/mol. The number of rotatable bonds is 4. The molecule has 0 fully saturated rings. The Balaban J connectivity index is 1.76. The van der Waals surface area contributed by atoms with Crippen LogP contribution in [-0.2, 0) is 4.79 Å². The van der Waals surface area contributed by atoms with Crippen molar-refractivity contribution in [2.75, 3.05) is 16.4 Å². The predicted molar refractivity (Wildman–Crippen MR) is 99.2 cm³/mol. The van der Waals surface area contributed by atoms with Crippen molar-refractivity contribution in [2.45, 2.75) is 13.8 Å². The molecule has 0 radical (unpaired) electrons. The SMILES string of the molecule is CC(=O)Nc1ccc(NC(=O)c2nnn(-c3ccc(C)cc3)c2N)cc1. The van der Waals surface area contributed by atoms with Crippen molar-refractivity contribution in [3.05, 3.63) is 59.8 Å². The summed E-state index contributed by atoms with van der Waals surface area (Å²) in [7, 11) is 0. The van der Waals surface area contributed by atoms with E-state index in [1.807, 2.05) is 31.2 Å². The van der Waals surface area contributed by atoms with Crippen molar-refractivity contribution in [3.8, 4) is 5.69 Å². The highest BCUT2D eigenvalue weighted by Crippen LogP contribution is 2.18. The Morgan fingerprint density at radius 1 is 0.962 bits per heavy atom. The number of hydrogen-bond acceptors (Lipinski definition) is 5. The zero-order valence-electron chi connectivity index (χ0n) is 14.4. The van der Waals surface area contributed by atoms with Crippen molar-refractivity contribution in [1.82, 2.24) is 15.0 Å². The Kier molecular flexibility index (Phi) is 4.66. The monoisotopic (exact) mass is 350 g/mol. The van der Waals surface area contributed by atoms with Crippen LogP contribution in [0, 0.1) is 6.92 Å². The van der Waals surface area contributed by atoms with Crippen molar-refractivity contribution < 1.29 is 9.59 Å². The topological polar surface area (TPSA) is 115 Å². The maximum Gasteiger partial charge on any atom is 0.280 e. The highest BCUT2D eigenvalue weighted by molar-refractivity contribution is 6.06. The van der Waals surface area contributed by atoms with Crippen LogP contribution in [0.2, 0.25) is 0 Å². The second kappa shape index (κ2) is 7.06. The van der Waals surface area contributed by atoms with E-state index >= 15 is 0 Å². The lowest BCUT2D eigenvalue weighted by Crippen LogP contribution is -2.15. The quantitative estimate of drug-likeness (QED) is 0.668. The number of nitrogens with two attached hydrogens (primary N) is 1. The summed E-state index contributed by atoms with van der Waals surface area (Å²) in [5.41, 5.74) is 9.09. The van der Waals surface area contributed by atoms with Crippen LogP contribution in [-0.4, -0.2) is 26.8 Å². The summed E-state index contributed by atoms with van der Waals surface area (Å²) < 4.78 is 1.41. The lowest BCUT2D eigenvalue weighted by atomic mass is 10.2. The molecule has 8 heteroatoms. The van der Waals surface area contributed by atoms with E-state index in [1.165, 1.54) is 11.6 Å². The number of carbonyl (C=O) groups is 2. The molecule has 3 rings (SSSR count). The number of benzene rings is 2. The fraction of sp³-hybridized carbons (Fsp3) is 0.111. The van der Waals surface area contributed by atoms with E-state index in [2.05, 4.69) is 20.9 Å². The predicted octanol–water partition coefficient (Wildman–Crippen LogP) is 2.37. The Hall–Kier alpha value is -3.68. The average molecular weight is 350 g/mol. The Labute approximate surface area is 150 Å². The van der Waals surface area contributed by atoms with E-state index in [4.69, 9.17) is 5.73 Å². The normalized spacial score (nSPS) is 10.4. The van der Waals surface area contributed by atoms with Gasteiger partial charge in [0.25, 0.3) is 5.91 Å². The van der Waals surface area contributed by atoms with Gasteiger partial charge in [0.15, 0.2) is 11.5 Å². The number of carbonyl (C=O) groups excluding carboxylic acids is 2. The van der Waals surface area contributed by atoms with Crippen LogP contribution in [0.4, 0.5) is 17.2 Å². The molecule has 0 aliphatic rings. The van der Waals surface area contributed by atoms with Gasteiger partial charge < -0.3 is 16.4 Å². The Morgan fingerprint density at radius 3 is 2.12 bits per heavy atom. The zero-order chi connectivity index (χ0) is 18.7. The number of anilines is 3. The summed E-state index contributed by atoms with van der Waals surface area (Å²) in [6, 6.07) is 14.3. The maximum absolute atomic E-state index is 12.4. The molecule has 1 aromatic heterocycles. The van der Waals surface area contributed by atoms with Crippen molar-refractivity contribution in [2.24, 2.45) is 0 Å². The lowest BCUT2D eigenvalue weighted by molar-refractivity contribution is -0.114. The van der Waals surface area contributed by atoms with Gasteiger partial charge >= 0.3 is 0 Å². The molecule has 2 amide bonds. The summed E-state index contributed by atoms with van der Waals surface area (Å²) in [4.78, 5) is 23.4. The smallest absolute Gasteiger partial charge is 0.280 e. The number of amides is 2. The fourth-order valence-corrected chi connectivity index (χ4v) is 2.36. The zero-order valence-corrected chi connectivity index (χ0v) is 14.4. The van der Waals surface area contributed by atoms with Crippen molar-refractivity contribution in [1.29, 1.82) is 0 Å². The molecule has 3 aromatic rings. The molecule has 0 aliphatic carbocycles. The lowest BCUT2D eigenvalue weighted by Gasteiger charge is -2.06. The summed E-state index contributed by atoms with van der Waals surface area (Å²) in [5, 5.41) is 13.2. The van der Waals surface area contributed by atoms with Gasteiger partial charge in [0.05, 0.1) is 5.69 Å². The number of aryl methyl sites for hydroxylation is 1. The standard InChI is InChI=1S/C18H18N6O2/c1-11-3-9-15(10-4-11)24-17(19)16(22-23-24)18(26)21-14-7-5-13(6-8-14)20-12(2)25/h3-10H,19H2,1-2H3,(H,20,25)(H,21,26). The molecule has 26 heavy (non-hydrogen) atoms. The van der Waals surface area contributed by atoms with E-state index in [9.17, 15) is 9.59 Å². The molecule has 0 spiro atoms. The summed E-state index contributed by atoms with van der Waals surface area (Å²) in [6.45, 7) is 3.40. The van der Waals surface area contributed by atoms with Crippen LogP contribution in [0.1, 0.15) is 23.0 Å². The van der Waals surface area contributed by atoms with Gasteiger partial charge in [-0.3, -0.25) is 9.59 Å². The summed E-state index contributed by atoms with van der Waals surface area (Å²) in [5.74, 6) is -0.475. The second-order valence-electron chi connectivity index (χ2n) is 5.78. The van der Waals surface area contributed by atoms with Gasteiger partial charge in [-0.1, -0.05) is 22.9 Å². The molecule has 8 nitrogen and oxygen atoms in total. The fourth-order valence-electron chi connectivity index (χ4n) is 2.36. The van der Waals surface area contributed by atoms with E-state index in [1.54, 1.807) is 24.3 Å². The van der Waals surface area contributed by atoms with Crippen LogP contribution >= 0.6 is 0 Å². The third kappa shape index (κ3) is 3.69. The number of hydrogen-bond donors (Lipinski definition) is 3. The molecule has 0 saturated heterocycles. The van der Waals surface area contributed by atoms with Crippen molar-refractivity contribution in [3.63, 3.8) is 0 Å². The highest BCUT2D eigenvalue weighted by Gasteiger charge is 2.18. The first-order valence-electron chi connectivity index (χ1n) is 7.91. The number of nitrogen functional groups attached to an aromatic ring is 1. The molecular formula is C18H18N6O2. The molecule has 2 aromatic carbocycles. The molecule has 0 bridgehead atoms. The van der Waals surface area contributed by atoms with Gasteiger partial charge in [-0.15, -0.1) is 5.10 Å². The minimum Gasteiger partial charge on any atom is -0.382 e. The van der Waals surface area contributed by atoms with E-state index in [-0.39, 0.29) is 17.4 Å². The number of nitrogens with one attached hydrogen (secondary N) is 2. The Morgan fingerprint density at radius 2 is 1.54 bits per heavy atom. The number of aromatic nitrogens is 3. The molecule has 4 N–H and O–H groups in total. The van der Waals surface area contributed by atoms with Crippen molar-refractivity contribution >= 4 is 29.0 Å². The molecule has 132 valence electrons. The van der Waals surface area contributed by atoms with Crippen LogP contribution < -0.4 is 16.4 Å². The second-order valence-corrected chi connectivity index (χ2v) is 5.78. The van der Waals surface area contributed by atoms with Crippen LogP contribution in [0.5, 0.6) is 0 Å². The van der Waals surface area contributed by atoms with E-state index in [0.29, 0.717) is 11.4 Å². The Bertz CT molecular complexity index is 945. The van der Waals surface area contributed by atoms with Gasteiger partial charge in [-0.05, 0) is 43.3 Å². The minimum absolute atomic E-state index is 0.0384. The number of nitrogens with zero attached hydrogens (tertiary/aromatic N) is 3. The third-order valence-electron chi connectivity index (χ3n) is 3.66. The van der Waals surface area contributed by atoms with Gasteiger partial charge in [0, 0.05) is 18.3 Å². The maximum atomic E-state index is 12.4.